The van der Waals surface area contributed by atoms with Crippen LogP contribution in [-0.4, -0.2) is 64.8 Å². The zero-order valence-electron chi connectivity index (χ0n) is 15.3. The topological polar surface area (TPSA) is 114 Å². The van der Waals surface area contributed by atoms with Gasteiger partial charge in [-0.15, -0.1) is 0 Å². The Morgan fingerprint density at radius 3 is 2.37 bits per heavy atom. The molecule has 2 aromatic heterocycles. The number of amides is 2. The molecule has 0 fully saturated rings. The predicted octanol–water partition coefficient (Wildman–Crippen LogP) is 0.874. The first kappa shape index (κ1) is 17.7. The minimum atomic E-state index is -3.63. The maximum Gasteiger partial charge on any atom is 0.322 e. The summed E-state index contributed by atoms with van der Waals surface area (Å²) >= 11 is 0. The van der Waals surface area contributed by atoms with Gasteiger partial charge in [-0.2, -0.15) is 9.40 Å². The molecule has 0 aromatic carbocycles. The first-order chi connectivity index (χ1) is 12.8. The second kappa shape index (κ2) is 6.20. The van der Waals surface area contributed by atoms with Gasteiger partial charge in [-0.3, -0.25) is 4.68 Å². The van der Waals surface area contributed by atoms with Crippen LogP contribution in [0, 0.1) is 13.8 Å². The third-order valence-corrected chi connectivity index (χ3v) is 6.53. The summed E-state index contributed by atoms with van der Waals surface area (Å²) in [4.78, 5) is 14.2. The van der Waals surface area contributed by atoms with E-state index in [9.17, 15) is 13.2 Å². The van der Waals surface area contributed by atoms with E-state index in [0.29, 0.717) is 30.2 Å². The van der Waals surface area contributed by atoms with Crippen LogP contribution in [0.5, 0.6) is 0 Å². The molecule has 4 rings (SSSR count). The van der Waals surface area contributed by atoms with Crippen LogP contribution in [0.25, 0.3) is 0 Å². The van der Waals surface area contributed by atoms with E-state index >= 15 is 0 Å². The second-order valence-corrected chi connectivity index (χ2v) is 8.68. The molecule has 4 heterocycles. The molecule has 0 aliphatic carbocycles. The van der Waals surface area contributed by atoms with Crippen molar-refractivity contribution in [2.24, 2.45) is 7.05 Å². The number of hydrogen-bond donors (Lipinski definition) is 1. The highest BCUT2D eigenvalue weighted by Crippen LogP contribution is 2.30. The minimum Gasteiger partial charge on any atom is -0.359 e. The summed E-state index contributed by atoms with van der Waals surface area (Å²) in [6, 6.07) is 1.24. The fourth-order valence-corrected chi connectivity index (χ4v) is 4.75. The van der Waals surface area contributed by atoms with E-state index in [-0.39, 0.29) is 24.1 Å². The third kappa shape index (κ3) is 3.02. The molecular formula is C16H20N6O4S. The van der Waals surface area contributed by atoms with E-state index in [1.165, 1.54) is 15.1 Å². The van der Waals surface area contributed by atoms with Crippen LogP contribution in [0.15, 0.2) is 33.0 Å². The molecule has 0 radical (unpaired) electrons. The van der Waals surface area contributed by atoms with Crippen LogP contribution < -0.4 is 5.32 Å². The predicted molar refractivity (Wildman–Crippen MR) is 95.6 cm³/mol. The Morgan fingerprint density at radius 2 is 1.85 bits per heavy atom. The number of rotatable bonds is 3. The summed E-state index contributed by atoms with van der Waals surface area (Å²) in [7, 11) is -1.95. The molecule has 0 spiro atoms. The lowest BCUT2D eigenvalue weighted by Gasteiger charge is -2.22. The minimum absolute atomic E-state index is 0.0409. The number of anilines is 1. The van der Waals surface area contributed by atoms with Crippen LogP contribution in [0.3, 0.4) is 0 Å². The lowest BCUT2D eigenvalue weighted by atomic mass is 10.2. The first-order valence-corrected chi connectivity index (χ1v) is 9.88. The van der Waals surface area contributed by atoms with Gasteiger partial charge in [0.15, 0.2) is 10.8 Å². The largest absolute Gasteiger partial charge is 0.359 e. The molecule has 0 atom stereocenters. The molecule has 0 saturated carbocycles. The molecule has 0 bridgehead atoms. The molecule has 11 heteroatoms. The van der Waals surface area contributed by atoms with E-state index in [4.69, 9.17) is 4.52 Å². The van der Waals surface area contributed by atoms with Crippen LogP contribution in [-0.2, 0) is 17.1 Å². The Bertz CT molecular complexity index is 1010. The highest BCUT2D eigenvalue weighted by atomic mass is 32.2. The summed E-state index contributed by atoms with van der Waals surface area (Å²) in [5.74, 6) is 0.549. The molecule has 2 aliphatic rings. The molecule has 10 nitrogen and oxygen atoms in total. The Labute approximate surface area is 156 Å². The van der Waals surface area contributed by atoms with Crippen LogP contribution >= 0.6 is 0 Å². The maximum atomic E-state index is 12.7. The van der Waals surface area contributed by atoms with Gasteiger partial charge >= 0.3 is 6.03 Å². The van der Waals surface area contributed by atoms with E-state index in [0.717, 1.165) is 11.1 Å². The van der Waals surface area contributed by atoms with Crippen molar-refractivity contribution >= 4 is 21.7 Å². The summed E-state index contributed by atoms with van der Waals surface area (Å²) in [5, 5.41) is 10.7. The monoisotopic (exact) mass is 392 g/mol. The van der Waals surface area contributed by atoms with Crippen molar-refractivity contribution in [1.82, 2.24) is 24.1 Å². The summed E-state index contributed by atoms with van der Waals surface area (Å²) in [6.45, 7) is 4.86. The van der Waals surface area contributed by atoms with Crippen molar-refractivity contribution in [3.8, 4) is 0 Å². The Balaban J connectivity index is 1.41. The average Bonchev–Trinajstić information content (AvgIpc) is 3.35. The lowest BCUT2D eigenvalue weighted by Crippen LogP contribution is -2.38. The quantitative estimate of drug-likeness (QED) is 0.776. The van der Waals surface area contributed by atoms with Gasteiger partial charge < -0.3 is 14.7 Å². The van der Waals surface area contributed by atoms with Gasteiger partial charge in [0.05, 0.1) is 0 Å². The Kier molecular flexibility index (Phi) is 4.07. The van der Waals surface area contributed by atoms with Crippen molar-refractivity contribution in [3.05, 3.63) is 34.9 Å². The summed E-state index contributed by atoms with van der Waals surface area (Å²) < 4.78 is 33.3. The highest BCUT2D eigenvalue weighted by molar-refractivity contribution is 7.89. The molecule has 2 aromatic rings. The highest BCUT2D eigenvalue weighted by Gasteiger charge is 2.38. The van der Waals surface area contributed by atoms with Gasteiger partial charge in [-0.05, 0) is 31.1 Å². The van der Waals surface area contributed by atoms with Gasteiger partial charge in [0, 0.05) is 39.4 Å². The van der Waals surface area contributed by atoms with E-state index in [2.05, 4.69) is 15.6 Å². The molecule has 27 heavy (non-hydrogen) atoms. The number of carbonyl (C=O) groups is 1. The zero-order chi connectivity index (χ0) is 19.3. The van der Waals surface area contributed by atoms with Crippen molar-refractivity contribution in [2.75, 3.05) is 31.5 Å². The van der Waals surface area contributed by atoms with Crippen LogP contribution in [0.2, 0.25) is 0 Å². The smallest absolute Gasteiger partial charge is 0.322 e. The SMILES string of the molecule is Cc1noc(C)c1NC(=O)N1CC2=C(C1)CN(S(=O)(=O)c1ccn(C)n1)C2. The van der Waals surface area contributed by atoms with E-state index in [1.807, 2.05) is 0 Å². The average molecular weight is 392 g/mol. The Hall–Kier alpha value is -2.66. The third-order valence-electron chi connectivity index (χ3n) is 4.84. The molecule has 0 saturated heterocycles. The van der Waals surface area contributed by atoms with Gasteiger partial charge in [-0.1, -0.05) is 5.16 Å². The van der Waals surface area contributed by atoms with Gasteiger partial charge in [-0.25, -0.2) is 13.2 Å². The molecule has 2 aliphatic heterocycles. The summed E-state index contributed by atoms with van der Waals surface area (Å²) in [5.41, 5.74) is 3.12. The van der Waals surface area contributed by atoms with Crippen LogP contribution in [0.4, 0.5) is 10.5 Å². The van der Waals surface area contributed by atoms with Crippen LogP contribution in [0.1, 0.15) is 11.5 Å². The number of aryl methyl sites for hydroxylation is 3. The maximum absolute atomic E-state index is 12.7. The fraction of sp³-hybridized carbons (Fsp3) is 0.438. The number of sulfonamides is 1. The molecular weight excluding hydrogens is 372 g/mol. The molecule has 2 amide bonds. The summed E-state index contributed by atoms with van der Waals surface area (Å²) in [6.07, 6.45) is 1.60. The number of nitrogens with one attached hydrogen (secondary N) is 1. The van der Waals surface area contributed by atoms with E-state index < -0.39 is 10.0 Å². The normalized spacial score (nSPS) is 17.7. The molecule has 0 unspecified atom stereocenters. The Morgan fingerprint density at radius 1 is 1.19 bits per heavy atom. The number of carbonyl (C=O) groups excluding carboxylic acids is 1. The standard InChI is InChI=1S/C16H20N6O4S/c1-10-15(11(2)26-19-10)17-16(23)21-6-12-8-22(9-13(12)7-21)27(24,25)14-4-5-20(3)18-14/h4-5H,6-9H2,1-3H3,(H,17,23). The van der Waals surface area contributed by atoms with Crippen molar-refractivity contribution in [1.29, 1.82) is 0 Å². The zero-order valence-corrected chi connectivity index (χ0v) is 16.1. The second-order valence-electron chi connectivity index (χ2n) is 6.79. The van der Waals surface area contributed by atoms with Crippen molar-refractivity contribution in [2.45, 2.75) is 18.9 Å². The van der Waals surface area contributed by atoms with E-state index in [1.54, 1.807) is 32.0 Å². The fourth-order valence-electron chi connectivity index (χ4n) is 3.37. The number of hydrogen-bond acceptors (Lipinski definition) is 6. The van der Waals surface area contributed by atoms with Gasteiger partial charge in [0.2, 0.25) is 0 Å². The first-order valence-electron chi connectivity index (χ1n) is 8.44. The number of urea groups is 1. The van der Waals surface area contributed by atoms with Crippen molar-refractivity contribution in [3.63, 3.8) is 0 Å². The number of aromatic nitrogens is 3. The molecule has 1 N–H and O–H groups in total. The van der Waals surface area contributed by atoms with Gasteiger partial charge in [0.1, 0.15) is 11.4 Å². The number of nitrogens with zero attached hydrogens (tertiary/aromatic N) is 5. The molecule has 144 valence electrons. The van der Waals surface area contributed by atoms with Gasteiger partial charge in [0.25, 0.3) is 10.0 Å². The van der Waals surface area contributed by atoms with Crippen molar-refractivity contribution < 1.29 is 17.7 Å². The lowest BCUT2D eigenvalue weighted by molar-refractivity contribution is 0.222.